The van der Waals surface area contributed by atoms with Gasteiger partial charge in [-0.15, -0.1) is 0 Å². The van der Waals surface area contributed by atoms with Crippen LogP contribution in [0.5, 0.6) is 0 Å². The molecule has 0 radical (unpaired) electrons. The van der Waals surface area contributed by atoms with Crippen LogP contribution in [0.1, 0.15) is 239 Å². The zero-order valence-electron chi connectivity index (χ0n) is 41.1. The molecule has 0 amide bonds. The van der Waals surface area contributed by atoms with Crippen molar-refractivity contribution >= 4 is 11.9 Å². The van der Waals surface area contributed by atoms with E-state index >= 15 is 0 Å². The maximum Gasteiger partial charge on any atom is 0.308 e. The van der Waals surface area contributed by atoms with Crippen LogP contribution in [-0.4, -0.2) is 70.2 Å². The fourth-order valence-electron chi connectivity index (χ4n) is 7.56. The number of ether oxygens (including phenoxy) is 4. The second kappa shape index (κ2) is 49.1. The first kappa shape index (κ1) is 59.0. The zero-order chi connectivity index (χ0) is 44.5. The van der Waals surface area contributed by atoms with Gasteiger partial charge in [0.05, 0.1) is 25.7 Å². The molecule has 61 heavy (non-hydrogen) atoms. The average molecular weight is 860 g/mol. The van der Waals surface area contributed by atoms with E-state index in [1.807, 2.05) is 6.08 Å². The summed E-state index contributed by atoms with van der Waals surface area (Å²) in [6.45, 7) is 9.85. The molecule has 0 aromatic carbocycles. The molecular weight excluding hydrogens is 759 g/mol. The molecule has 1 atom stereocenters. The third kappa shape index (κ3) is 45.9. The van der Waals surface area contributed by atoms with Gasteiger partial charge in [-0.3, -0.25) is 9.59 Å². The number of esters is 2. The molecule has 358 valence electrons. The fraction of sp³-hybridized carbons (Fsp3) is 0.852. The van der Waals surface area contributed by atoms with Crippen LogP contribution >= 0.6 is 0 Å². The van der Waals surface area contributed by atoms with Crippen molar-refractivity contribution in [1.82, 2.24) is 4.90 Å². The molecule has 0 bridgehead atoms. The van der Waals surface area contributed by atoms with Crippen molar-refractivity contribution in [3.05, 3.63) is 36.5 Å². The van der Waals surface area contributed by atoms with Gasteiger partial charge in [-0.25, -0.2) is 0 Å². The van der Waals surface area contributed by atoms with E-state index in [0.29, 0.717) is 32.8 Å². The van der Waals surface area contributed by atoms with Crippen molar-refractivity contribution in [3.8, 4) is 0 Å². The maximum atomic E-state index is 13.1. The number of carbonyl (C=O) groups excluding carboxylic acids is 2. The Morgan fingerprint density at radius 3 is 1.31 bits per heavy atom. The summed E-state index contributed by atoms with van der Waals surface area (Å²) in [6.07, 6.45) is 51.9. The lowest BCUT2D eigenvalue weighted by Crippen LogP contribution is -2.21. The van der Waals surface area contributed by atoms with E-state index in [1.165, 1.54) is 122 Å². The Hall–Kier alpha value is -1.96. The smallest absolute Gasteiger partial charge is 0.308 e. The summed E-state index contributed by atoms with van der Waals surface area (Å²) >= 11 is 0. The molecule has 0 saturated carbocycles. The quantitative estimate of drug-likeness (QED) is 0.0261. The van der Waals surface area contributed by atoms with Crippen LogP contribution < -0.4 is 0 Å². The Labute approximate surface area is 379 Å². The van der Waals surface area contributed by atoms with Crippen molar-refractivity contribution < 1.29 is 28.5 Å². The number of hydrogen-bond donors (Lipinski definition) is 0. The molecule has 1 unspecified atom stereocenters. The third-order valence-electron chi connectivity index (χ3n) is 11.5. The van der Waals surface area contributed by atoms with Crippen molar-refractivity contribution in [2.24, 2.45) is 5.92 Å². The SMILES string of the molecule is CCCCCC/C=C\COC(=O)CCCCCCCCCC(CCCCCCCCCC(OC/C=C\CCCCCC)OC/C=C\CCCCCC)C(=O)OCCCN(C)C. The van der Waals surface area contributed by atoms with Gasteiger partial charge < -0.3 is 23.8 Å². The minimum absolute atomic E-state index is 0.0111. The van der Waals surface area contributed by atoms with Crippen LogP contribution in [0.2, 0.25) is 0 Å². The molecule has 0 heterocycles. The molecule has 0 fully saturated rings. The lowest BCUT2D eigenvalue weighted by Gasteiger charge is -2.17. The summed E-state index contributed by atoms with van der Waals surface area (Å²) in [5.74, 6) is -0.0490. The Morgan fingerprint density at radius 2 is 0.852 bits per heavy atom. The van der Waals surface area contributed by atoms with E-state index in [9.17, 15) is 9.59 Å². The molecule has 0 aromatic heterocycles. The van der Waals surface area contributed by atoms with Gasteiger partial charge in [-0.2, -0.15) is 0 Å². The number of hydrogen-bond acceptors (Lipinski definition) is 7. The molecule has 7 nitrogen and oxygen atoms in total. The summed E-state index contributed by atoms with van der Waals surface area (Å²) in [6, 6.07) is 0. The molecule has 0 aliphatic carbocycles. The monoisotopic (exact) mass is 860 g/mol. The molecule has 0 spiro atoms. The van der Waals surface area contributed by atoms with Gasteiger partial charge in [0.15, 0.2) is 6.29 Å². The number of rotatable bonds is 48. The Kier molecular flexibility index (Phi) is 47.5. The summed E-state index contributed by atoms with van der Waals surface area (Å²) in [5, 5.41) is 0. The van der Waals surface area contributed by atoms with E-state index < -0.39 is 0 Å². The Bertz CT molecular complexity index is 983. The van der Waals surface area contributed by atoms with E-state index in [1.54, 1.807) is 0 Å². The van der Waals surface area contributed by atoms with Crippen molar-refractivity contribution in [3.63, 3.8) is 0 Å². The number of unbranched alkanes of at least 4 members (excludes halogenated alkanes) is 24. The molecule has 0 rings (SSSR count). The normalized spacial score (nSPS) is 12.6. The van der Waals surface area contributed by atoms with Crippen molar-refractivity contribution in [1.29, 1.82) is 0 Å². The lowest BCUT2D eigenvalue weighted by molar-refractivity contribution is -0.149. The third-order valence-corrected chi connectivity index (χ3v) is 11.5. The molecule has 7 heteroatoms. The van der Waals surface area contributed by atoms with Crippen molar-refractivity contribution in [2.75, 3.05) is 47.1 Å². The molecule has 0 aromatic rings. The van der Waals surface area contributed by atoms with Gasteiger partial charge in [-0.1, -0.05) is 192 Å². The van der Waals surface area contributed by atoms with E-state index in [4.69, 9.17) is 18.9 Å². The second-order valence-corrected chi connectivity index (χ2v) is 17.8. The van der Waals surface area contributed by atoms with Gasteiger partial charge in [-0.05, 0) is 91.1 Å². The summed E-state index contributed by atoms with van der Waals surface area (Å²) in [5.41, 5.74) is 0. The van der Waals surface area contributed by atoms with Crippen LogP contribution in [-0.2, 0) is 28.5 Å². The highest BCUT2D eigenvalue weighted by molar-refractivity contribution is 5.72. The number of carbonyl (C=O) groups is 2. The first-order valence-corrected chi connectivity index (χ1v) is 26.1. The molecule has 0 aliphatic rings. The summed E-state index contributed by atoms with van der Waals surface area (Å²) < 4.78 is 23.5. The largest absolute Gasteiger partial charge is 0.465 e. The van der Waals surface area contributed by atoms with Crippen LogP contribution in [0.15, 0.2) is 36.5 Å². The second-order valence-electron chi connectivity index (χ2n) is 17.8. The zero-order valence-corrected chi connectivity index (χ0v) is 41.1. The molecule has 0 saturated heterocycles. The summed E-state index contributed by atoms with van der Waals surface area (Å²) in [7, 11) is 4.11. The molecule has 0 N–H and O–H groups in total. The standard InChI is InChI=1S/C54H101NO6/c1-6-9-12-15-24-31-38-47-58-52(56)44-36-29-22-18-20-27-34-42-51(54(57)61-50-41-46-55(4)5)43-35-28-21-19-23-30-37-45-53(59-48-39-32-25-16-13-10-7-2)60-49-40-33-26-17-14-11-8-3/h31-33,38-40,51,53H,6-30,34-37,41-50H2,1-5H3/b38-31-,39-32-,40-33-. The summed E-state index contributed by atoms with van der Waals surface area (Å²) in [4.78, 5) is 27.3. The minimum Gasteiger partial charge on any atom is -0.465 e. The maximum absolute atomic E-state index is 13.1. The minimum atomic E-state index is -0.140. The van der Waals surface area contributed by atoms with Crippen LogP contribution in [0.3, 0.4) is 0 Å². The van der Waals surface area contributed by atoms with E-state index in [0.717, 1.165) is 96.4 Å². The van der Waals surface area contributed by atoms with E-state index in [-0.39, 0.29) is 24.1 Å². The Morgan fingerprint density at radius 1 is 0.443 bits per heavy atom. The predicted molar refractivity (Wildman–Crippen MR) is 261 cm³/mol. The molecule has 0 aliphatic heterocycles. The van der Waals surface area contributed by atoms with Crippen LogP contribution in [0.4, 0.5) is 0 Å². The predicted octanol–water partition coefficient (Wildman–Crippen LogP) is 15.6. The highest BCUT2D eigenvalue weighted by atomic mass is 16.7. The van der Waals surface area contributed by atoms with Crippen molar-refractivity contribution in [2.45, 2.75) is 245 Å². The topological polar surface area (TPSA) is 74.3 Å². The first-order valence-electron chi connectivity index (χ1n) is 26.1. The van der Waals surface area contributed by atoms with Gasteiger partial charge >= 0.3 is 11.9 Å². The number of nitrogens with zero attached hydrogens (tertiary/aromatic N) is 1. The lowest BCUT2D eigenvalue weighted by atomic mass is 9.94. The van der Waals surface area contributed by atoms with Crippen LogP contribution in [0.25, 0.3) is 0 Å². The van der Waals surface area contributed by atoms with Gasteiger partial charge in [0, 0.05) is 13.0 Å². The average Bonchev–Trinajstić information content (AvgIpc) is 3.25. The van der Waals surface area contributed by atoms with Crippen LogP contribution in [0, 0.1) is 5.92 Å². The van der Waals surface area contributed by atoms with Gasteiger partial charge in [0.1, 0.15) is 6.61 Å². The first-order chi connectivity index (χ1) is 29.9. The molecular formula is C54H101NO6. The number of allylic oxidation sites excluding steroid dienone is 3. The van der Waals surface area contributed by atoms with Gasteiger partial charge in [0.25, 0.3) is 0 Å². The Balaban J connectivity index is 4.39. The van der Waals surface area contributed by atoms with E-state index in [2.05, 4.69) is 70.1 Å². The highest BCUT2D eigenvalue weighted by Crippen LogP contribution is 2.22. The van der Waals surface area contributed by atoms with Gasteiger partial charge in [0.2, 0.25) is 0 Å². The fourth-order valence-corrected chi connectivity index (χ4v) is 7.56. The highest BCUT2D eigenvalue weighted by Gasteiger charge is 2.19.